The Kier molecular flexibility index (Phi) is 6.95. The number of hydrogen-bond donors (Lipinski definition) is 1. The van der Waals surface area contributed by atoms with E-state index in [2.05, 4.69) is 15.3 Å². The van der Waals surface area contributed by atoms with Crippen LogP contribution in [0.4, 0.5) is 0 Å². The van der Waals surface area contributed by atoms with E-state index in [0.29, 0.717) is 23.5 Å². The Morgan fingerprint density at radius 3 is 2.17 bits per heavy atom. The van der Waals surface area contributed by atoms with E-state index in [9.17, 15) is 9.59 Å². The number of esters is 1. The Balaban J connectivity index is 1.49. The first kappa shape index (κ1) is 20.8. The number of benzene rings is 3. The van der Waals surface area contributed by atoms with Crippen LogP contribution in [0.25, 0.3) is 0 Å². The summed E-state index contributed by atoms with van der Waals surface area (Å²) in [6, 6.07) is 21.7. The number of methoxy groups -OCH3 is 1. The molecule has 152 valence electrons. The van der Waals surface area contributed by atoms with Gasteiger partial charge in [0.2, 0.25) is 0 Å². The maximum Gasteiger partial charge on any atom is 0.337 e. The summed E-state index contributed by atoms with van der Waals surface area (Å²) >= 11 is 0. The highest BCUT2D eigenvalue weighted by atomic mass is 16.5. The van der Waals surface area contributed by atoms with Gasteiger partial charge in [0.1, 0.15) is 12.4 Å². The highest BCUT2D eigenvalue weighted by Gasteiger charge is 2.05. The minimum absolute atomic E-state index is 0.260. The molecular weight excluding hydrogens is 380 g/mol. The molecule has 6 nitrogen and oxygen atoms in total. The first-order valence-electron chi connectivity index (χ1n) is 9.35. The SMILES string of the molecule is COC(=O)c1ccc(COc2ccc(/C=N\NC(=O)c3ccc(C)cc3)cc2)cc1. The van der Waals surface area contributed by atoms with E-state index < -0.39 is 0 Å². The van der Waals surface area contributed by atoms with Gasteiger partial charge in [-0.15, -0.1) is 0 Å². The average molecular weight is 402 g/mol. The summed E-state index contributed by atoms with van der Waals surface area (Å²) in [5.74, 6) is 0.0760. The number of hydrazone groups is 1. The van der Waals surface area contributed by atoms with Gasteiger partial charge in [-0.25, -0.2) is 10.2 Å². The Morgan fingerprint density at radius 1 is 0.900 bits per heavy atom. The smallest absolute Gasteiger partial charge is 0.337 e. The summed E-state index contributed by atoms with van der Waals surface area (Å²) < 4.78 is 10.4. The van der Waals surface area contributed by atoms with E-state index in [0.717, 1.165) is 16.7 Å². The maximum atomic E-state index is 12.0. The van der Waals surface area contributed by atoms with Crippen LogP contribution in [-0.2, 0) is 11.3 Å². The summed E-state index contributed by atoms with van der Waals surface area (Å²) in [6.07, 6.45) is 1.57. The van der Waals surface area contributed by atoms with Gasteiger partial charge in [0.15, 0.2) is 0 Å². The highest BCUT2D eigenvalue weighted by Crippen LogP contribution is 2.14. The van der Waals surface area contributed by atoms with Crippen LogP contribution in [0.5, 0.6) is 5.75 Å². The Hall–Kier alpha value is -3.93. The summed E-state index contributed by atoms with van der Waals surface area (Å²) in [5.41, 5.74) is 6.43. The van der Waals surface area contributed by atoms with E-state index in [1.807, 2.05) is 55.5 Å². The maximum absolute atomic E-state index is 12.0. The van der Waals surface area contributed by atoms with Gasteiger partial charge in [0.05, 0.1) is 18.9 Å². The zero-order valence-electron chi connectivity index (χ0n) is 16.8. The molecule has 0 unspecified atom stereocenters. The van der Waals surface area contributed by atoms with Crippen molar-refractivity contribution in [1.82, 2.24) is 5.43 Å². The standard InChI is InChI=1S/C24H22N2O4/c1-17-3-9-20(10-4-17)23(27)26-25-15-18-7-13-22(14-8-18)30-16-19-5-11-21(12-6-19)24(28)29-2/h3-15H,16H2,1-2H3,(H,26,27)/b25-15-. The number of ether oxygens (including phenoxy) is 2. The Bertz CT molecular complexity index is 1020. The van der Waals surface area contributed by atoms with Gasteiger partial charge in [-0.1, -0.05) is 29.8 Å². The van der Waals surface area contributed by atoms with Crippen molar-refractivity contribution in [2.45, 2.75) is 13.5 Å². The molecule has 0 heterocycles. The quantitative estimate of drug-likeness (QED) is 0.366. The molecule has 6 heteroatoms. The molecule has 1 amide bonds. The molecule has 0 aliphatic carbocycles. The highest BCUT2D eigenvalue weighted by molar-refractivity contribution is 5.94. The third-order valence-corrected chi connectivity index (χ3v) is 4.35. The van der Waals surface area contributed by atoms with E-state index in [4.69, 9.17) is 4.74 Å². The number of nitrogens with one attached hydrogen (secondary N) is 1. The van der Waals surface area contributed by atoms with Gasteiger partial charge >= 0.3 is 5.97 Å². The second kappa shape index (κ2) is 10.0. The number of aryl methyl sites for hydroxylation is 1. The third-order valence-electron chi connectivity index (χ3n) is 4.35. The summed E-state index contributed by atoms with van der Waals surface area (Å²) in [5, 5.41) is 3.99. The van der Waals surface area contributed by atoms with Crippen molar-refractivity contribution in [3.8, 4) is 5.75 Å². The van der Waals surface area contributed by atoms with Crippen LogP contribution >= 0.6 is 0 Å². The van der Waals surface area contributed by atoms with Crippen LogP contribution in [0.3, 0.4) is 0 Å². The molecule has 0 fully saturated rings. The molecule has 0 radical (unpaired) electrons. The monoisotopic (exact) mass is 402 g/mol. The summed E-state index contributed by atoms with van der Waals surface area (Å²) in [7, 11) is 1.35. The molecule has 30 heavy (non-hydrogen) atoms. The largest absolute Gasteiger partial charge is 0.489 e. The topological polar surface area (TPSA) is 77.0 Å². The van der Waals surface area contributed by atoms with E-state index in [1.165, 1.54) is 7.11 Å². The van der Waals surface area contributed by atoms with Crippen molar-refractivity contribution in [3.05, 3.63) is 101 Å². The number of carbonyl (C=O) groups excluding carboxylic acids is 2. The molecule has 0 aliphatic heterocycles. The molecule has 0 aliphatic rings. The van der Waals surface area contributed by atoms with Crippen molar-refractivity contribution in [2.75, 3.05) is 7.11 Å². The fourth-order valence-corrected chi connectivity index (χ4v) is 2.61. The van der Waals surface area contributed by atoms with Crippen LogP contribution < -0.4 is 10.2 Å². The number of nitrogens with zero attached hydrogens (tertiary/aromatic N) is 1. The van der Waals surface area contributed by atoms with Crippen LogP contribution in [0.2, 0.25) is 0 Å². The zero-order chi connectivity index (χ0) is 21.3. The lowest BCUT2D eigenvalue weighted by atomic mass is 10.1. The number of rotatable bonds is 7. The summed E-state index contributed by atoms with van der Waals surface area (Å²) in [6.45, 7) is 2.34. The van der Waals surface area contributed by atoms with Gasteiger partial charge in [-0.3, -0.25) is 4.79 Å². The van der Waals surface area contributed by atoms with Crippen molar-refractivity contribution < 1.29 is 19.1 Å². The lowest BCUT2D eigenvalue weighted by Crippen LogP contribution is -2.17. The number of hydrogen-bond acceptors (Lipinski definition) is 5. The normalized spacial score (nSPS) is 10.6. The summed E-state index contributed by atoms with van der Waals surface area (Å²) in [4.78, 5) is 23.5. The predicted molar refractivity (Wildman–Crippen MR) is 115 cm³/mol. The first-order valence-corrected chi connectivity index (χ1v) is 9.35. The first-order chi connectivity index (χ1) is 14.5. The van der Waals surface area contributed by atoms with Gasteiger partial charge < -0.3 is 9.47 Å². The van der Waals surface area contributed by atoms with Crippen molar-refractivity contribution in [3.63, 3.8) is 0 Å². The van der Waals surface area contributed by atoms with Gasteiger partial charge in [0, 0.05) is 5.56 Å². The van der Waals surface area contributed by atoms with Crippen LogP contribution in [0.15, 0.2) is 77.9 Å². The van der Waals surface area contributed by atoms with Crippen molar-refractivity contribution in [2.24, 2.45) is 5.10 Å². The molecule has 0 saturated heterocycles. The minimum atomic E-state index is -0.366. The molecule has 0 aromatic heterocycles. The minimum Gasteiger partial charge on any atom is -0.489 e. The molecule has 0 spiro atoms. The zero-order valence-corrected chi connectivity index (χ0v) is 16.8. The number of amides is 1. The predicted octanol–water partition coefficient (Wildman–Crippen LogP) is 4.12. The van der Waals surface area contributed by atoms with Gasteiger partial charge in [0.25, 0.3) is 5.91 Å². The average Bonchev–Trinajstić information content (AvgIpc) is 2.78. The van der Waals surface area contributed by atoms with E-state index in [1.54, 1.807) is 30.5 Å². The molecule has 0 saturated carbocycles. The molecule has 3 aromatic rings. The second-order valence-electron chi connectivity index (χ2n) is 6.61. The molecule has 0 atom stereocenters. The second-order valence-corrected chi connectivity index (χ2v) is 6.61. The van der Waals surface area contributed by atoms with Gasteiger partial charge in [-0.05, 0) is 66.6 Å². The lowest BCUT2D eigenvalue weighted by Gasteiger charge is -2.07. The van der Waals surface area contributed by atoms with Gasteiger partial charge in [-0.2, -0.15) is 5.10 Å². The van der Waals surface area contributed by atoms with E-state index in [-0.39, 0.29) is 11.9 Å². The van der Waals surface area contributed by atoms with Crippen LogP contribution in [-0.4, -0.2) is 25.2 Å². The molecule has 1 N–H and O–H groups in total. The van der Waals surface area contributed by atoms with Crippen molar-refractivity contribution in [1.29, 1.82) is 0 Å². The third kappa shape index (κ3) is 5.78. The Morgan fingerprint density at radius 2 is 1.53 bits per heavy atom. The molecular formula is C24H22N2O4. The van der Waals surface area contributed by atoms with Crippen LogP contribution in [0, 0.1) is 6.92 Å². The molecule has 3 rings (SSSR count). The fraction of sp³-hybridized carbons (Fsp3) is 0.125. The molecule has 3 aromatic carbocycles. The fourth-order valence-electron chi connectivity index (χ4n) is 2.61. The lowest BCUT2D eigenvalue weighted by molar-refractivity contribution is 0.0600. The molecule has 0 bridgehead atoms. The van der Waals surface area contributed by atoms with Crippen LogP contribution in [0.1, 0.15) is 37.4 Å². The number of carbonyl (C=O) groups is 2. The van der Waals surface area contributed by atoms with Crippen molar-refractivity contribution >= 4 is 18.1 Å². The van der Waals surface area contributed by atoms with E-state index >= 15 is 0 Å². The Labute approximate surface area is 175 Å².